The second-order valence-electron chi connectivity index (χ2n) is 3.84. The van der Waals surface area contributed by atoms with Gasteiger partial charge in [0.1, 0.15) is 17.6 Å². The largest absolute Gasteiger partial charge is 0.369 e. The van der Waals surface area contributed by atoms with Crippen molar-refractivity contribution in [1.29, 1.82) is 0 Å². The molecule has 3 rings (SSSR count). The third kappa shape index (κ3) is 1.68. The van der Waals surface area contributed by atoms with Gasteiger partial charge in [-0.05, 0) is 12.1 Å². The van der Waals surface area contributed by atoms with E-state index in [1.165, 1.54) is 12.3 Å². The molecule has 0 amide bonds. The van der Waals surface area contributed by atoms with Crippen molar-refractivity contribution in [2.75, 3.05) is 19.7 Å². The molecule has 1 N–H and O–H groups in total. The number of hydrogen-bond acceptors (Lipinski definition) is 3. The summed E-state index contributed by atoms with van der Waals surface area (Å²) >= 11 is 0. The van der Waals surface area contributed by atoms with E-state index in [1.54, 1.807) is 10.5 Å². The van der Waals surface area contributed by atoms with E-state index in [1.807, 2.05) is 6.20 Å². The molecule has 0 spiro atoms. The maximum absolute atomic E-state index is 13.0. The second-order valence-corrected chi connectivity index (χ2v) is 3.84. The highest BCUT2D eigenvalue weighted by molar-refractivity contribution is 5.40. The highest BCUT2D eigenvalue weighted by Crippen LogP contribution is 2.18. The first-order chi connectivity index (χ1) is 7.83. The van der Waals surface area contributed by atoms with Gasteiger partial charge in [0.25, 0.3) is 0 Å². The summed E-state index contributed by atoms with van der Waals surface area (Å²) in [6.07, 6.45) is 3.20. The van der Waals surface area contributed by atoms with Crippen LogP contribution in [0.15, 0.2) is 24.5 Å². The summed E-state index contributed by atoms with van der Waals surface area (Å²) in [6, 6.07) is 3.07. The lowest BCUT2D eigenvalue weighted by Gasteiger charge is -2.21. The zero-order chi connectivity index (χ0) is 11.0. The SMILES string of the molecule is Fc1ccc2nc(C3CNCCO3)cn2c1. The Hall–Kier alpha value is -1.46. The minimum atomic E-state index is -0.265. The van der Waals surface area contributed by atoms with Gasteiger partial charge in [0.15, 0.2) is 0 Å². The molecular formula is C11H12FN3O. The predicted octanol–water partition coefficient (Wildman–Crippen LogP) is 1.13. The van der Waals surface area contributed by atoms with E-state index in [2.05, 4.69) is 10.3 Å². The summed E-state index contributed by atoms with van der Waals surface area (Å²) in [6.45, 7) is 2.32. The van der Waals surface area contributed by atoms with E-state index in [0.29, 0.717) is 6.61 Å². The molecule has 5 heteroatoms. The van der Waals surface area contributed by atoms with Gasteiger partial charge < -0.3 is 14.5 Å². The number of imidazole rings is 1. The van der Waals surface area contributed by atoms with E-state index in [4.69, 9.17) is 4.74 Å². The smallest absolute Gasteiger partial charge is 0.139 e. The van der Waals surface area contributed by atoms with Gasteiger partial charge in [0.05, 0.1) is 12.3 Å². The monoisotopic (exact) mass is 221 g/mol. The summed E-state index contributed by atoms with van der Waals surface area (Å²) in [7, 11) is 0. The Bertz CT molecular complexity index is 505. The van der Waals surface area contributed by atoms with Crippen LogP contribution in [0, 0.1) is 5.82 Å². The van der Waals surface area contributed by atoms with Gasteiger partial charge >= 0.3 is 0 Å². The summed E-state index contributed by atoms with van der Waals surface area (Å²) in [5.41, 5.74) is 1.59. The maximum atomic E-state index is 13.0. The van der Waals surface area contributed by atoms with Crippen LogP contribution in [0.5, 0.6) is 0 Å². The van der Waals surface area contributed by atoms with E-state index in [9.17, 15) is 4.39 Å². The number of nitrogens with one attached hydrogen (secondary N) is 1. The van der Waals surface area contributed by atoms with Crippen molar-refractivity contribution >= 4 is 5.65 Å². The zero-order valence-corrected chi connectivity index (χ0v) is 8.69. The quantitative estimate of drug-likeness (QED) is 0.784. The van der Waals surface area contributed by atoms with E-state index in [0.717, 1.165) is 24.4 Å². The summed E-state index contributed by atoms with van der Waals surface area (Å²) in [5.74, 6) is -0.265. The van der Waals surface area contributed by atoms with Gasteiger partial charge in [-0.15, -0.1) is 0 Å². The predicted molar refractivity (Wildman–Crippen MR) is 56.7 cm³/mol. The molecule has 1 saturated heterocycles. The fourth-order valence-corrected chi connectivity index (χ4v) is 1.89. The topological polar surface area (TPSA) is 38.6 Å². The van der Waals surface area contributed by atoms with Crippen molar-refractivity contribution in [2.45, 2.75) is 6.10 Å². The minimum absolute atomic E-state index is 0.0308. The molecule has 2 aromatic rings. The first-order valence-electron chi connectivity index (χ1n) is 5.29. The molecule has 1 aliphatic rings. The van der Waals surface area contributed by atoms with Gasteiger partial charge in [-0.1, -0.05) is 0 Å². The third-order valence-electron chi connectivity index (χ3n) is 2.69. The molecule has 1 unspecified atom stereocenters. The van der Waals surface area contributed by atoms with Crippen LogP contribution in [0.4, 0.5) is 4.39 Å². The van der Waals surface area contributed by atoms with Crippen LogP contribution in [-0.2, 0) is 4.74 Å². The zero-order valence-electron chi connectivity index (χ0n) is 8.69. The molecule has 0 bridgehead atoms. The van der Waals surface area contributed by atoms with Crippen molar-refractivity contribution in [2.24, 2.45) is 0 Å². The Labute approximate surface area is 92.1 Å². The number of aromatic nitrogens is 2. The third-order valence-corrected chi connectivity index (χ3v) is 2.69. The summed E-state index contributed by atoms with van der Waals surface area (Å²) in [5, 5.41) is 3.24. The fraction of sp³-hybridized carbons (Fsp3) is 0.364. The van der Waals surface area contributed by atoms with Crippen LogP contribution in [-0.4, -0.2) is 29.1 Å². The van der Waals surface area contributed by atoms with Crippen LogP contribution < -0.4 is 5.32 Å². The molecule has 84 valence electrons. The number of fused-ring (bicyclic) bond motifs is 1. The number of rotatable bonds is 1. The standard InChI is InChI=1S/C11H12FN3O/c12-8-1-2-11-14-9(7-15(11)6-8)10-5-13-3-4-16-10/h1-2,6-7,10,13H,3-5H2. The summed E-state index contributed by atoms with van der Waals surface area (Å²) in [4.78, 5) is 4.41. The lowest BCUT2D eigenvalue weighted by molar-refractivity contribution is 0.0253. The Morgan fingerprint density at radius 1 is 1.44 bits per heavy atom. The van der Waals surface area contributed by atoms with Gasteiger partial charge in [-0.25, -0.2) is 9.37 Å². The van der Waals surface area contributed by atoms with Crippen molar-refractivity contribution < 1.29 is 9.13 Å². The number of morpholine rings is 1. The molecule has 2 aromatic heterocycles. The molecular weight excluding hydrogens is 209 g/mol. The van der Waals surface area contributed by atoms with Gasteiger partial charge in [0.2, 0.25) is 0 Å². The Kier molecular flexibility index (Phi) is 2.34. The molecule has 0 radical (unpaired) electrons. The average Bonchev–Trinajstić information content (AvgIpc) is 2.73. The molecule has 0 aromatic carbocycles. The molecule has 1 aliphatic heterocycles. The highest BCUT2D eigenvalue weighted by atomic mass is 19.1. The molecule has 1 atom stereocenters. The fourth-order valence-electron chi connectivity index (χ4n) is 1.89. The van der Waals surface area contributed by atoms with Crippen LogP contribution in [0.25, 0.3) is 5.65 Å². The summed E-state index contributed by atoms with van der Waals surface area (Å²) < 4.78 is 20.3. The molecule has 0 aliphatic carbocycles. The number of nitrogens with zero attached hydrogens (tertiary/aromatic N) is 2. The second kappa shape index (κ2) is 3.84. The first kappa shape index (κ1) is 9.74. The number of hydrogen-bond donors (Lipinski definition) is 1. The maximum Gasteiger partial charge on any atom is 0.139 e. The van der Waals surface area contributed by atoms with Crippen molar-refractivity contribution in [3.8, 4) is 0 Å². The molecule has 1 fully saturated rings. The molecule has 16 heavy (non-hydrogen) atoms. The lowest BCUT2D eigenvalue weighted by Crippen LogP contribution is -2.33. The van der Waals surface area contributed by atoms with Crippen LogP contribution in [0.3, 0.4) is 0 Å². The van der Waals surface area contributed by atoms with Crippen molar-refractivity contribution in [1.82, 2.24) is 14.7 Å². The molecule has 0 saturated carbocycles. The average molecular weight is 221 g/mol. The van der Waals surface area contributed by atoms with Gasteiger partial charge in [0, 0.05) is 25.5 Å². The Morgan fingerprint density at radius 2 is 2.38 bits per heavy atom. The minimum Gasteiger partial charge on any atom is -0.369 e. The molecule has 4 nitrogen and oxygen atoms in total. The normalized spacial score (nSPS) is 21.4. The van der Waals surface area contributed by atoms with Gasteiger partial charge in [-0.2, -0.15) is 0 Å². The van der Waals surface area contributed by atoms with Crippen molar-refractivity contribution in [3.63, 3.8) is 0 Å². The van der Waals surface area contributed by atoms with Gasteiger partial charge in [-0.3, -0.25) is 0 Å². The van der Waals surface area contributed by atoms with Crippen LogP contribution in [0.2, 0.25) is 0 Å². The number of ether oxygens (including phenoxy) is 1. The highest BCUT2D eigenvalue weighted by Gasteiger charge is 2.18. The van der Waals surface area contributed by atoms with Crippen LogP contribution >= 0.6 is 0 Å². The Morgan fingerprint density at radius 3 is 3.19 bits per heavy atom. The van der Waals surface area contributed by atoms with E-state index >= 15 is 0 Å². The first-order valence-corrected chi connectivity index (χ1v) is 5.29. The molecule has 3 heterocycles. The van der Waals surface area contributed by atoms with Crippen molar-refractivity contribution in [3.05, 3.63) is 36.0 Å². The van der Waals surface area contributed by atoms with Crippen LogP contribution in [0.1, 0.15) is 11.8 Å². The van der Waals surface area contributed by atoms with E-state index < -0.39 is 0 Å². The lowest BCUT2D eigenvalue weighted by atomic mass is 10.2. The number of halogens is 1. The number of pyridine rings is 1. The van der Waals surface area contributed by atoms with E-state index in [-0.39, 0.29) is 11.9 Å². The Balaban J connectivity index is 1.97.